The summed E-state index contributed by atoms with van der Waals surface area (Å²) in [6.07, 6.45) is 3.50. The number of hydrogen-bond acceptors (Lipinski definition) is 3. The van der Waals surface area contributed by atoms with E-state index >= 15 is 0 Å². The third-order valence-electron chi connectivity index (χ3n) is 3.47. The van der Waals surface area contributed by atoms with E-state index in [1.807, 2.05) is 24.3 Å². The zero-order valence-electron chi connectivity index (χ0n) is 12.0. The highest BCUT2D eigenvalue weighted by Crippen LogP contribution is 2.28. The lowest BCUT2D eigenvalue weighted by molar-refractivity contribution is -0.136. The SMILES string of the molecule is O=C(O)CCNC(=O)Nc1ccccc1N1CCCCC1. The summed E-state index contributed by atoms with van der Waals surface area (Å²) < 4.78 is 0. The maximum absolute atomic E-state index is 11.8. The monoisotopic (exact) mass is 291 g/mol. The van der Waals surface area contributed by atoms with Gasteiger partial charge in [-0.25, -0.2) is 4.79 Å². The van der Waals surface area contributed by atoms with E-state index in [-0.39, 0.29) is 19.0 Å². The van der Waals surface area contributed by atoms with Gasteiger partial charge in [0.25, 0.3) is 0 Å². The molecular weight excluding hydrogens is 270 g/mol. The molecule has 1 aromatic carbocycles. The number of amides is 2. The average molecular weight is 291 g/mol. The van der Waals surface area contributed by atoms with E-state index in [1.54, 1.807) is 0 Å². The van der Waals surface area contributed by atoms with Crippen LogP contribution in [-0.2, 0) is 4.79 Å². The number of para-hydroxylation sites is 2. The van der Waals surface area contributed by atoms with Crippen molar-refractivity contribution in [2.45, 2.75) is 25.7 Å². The summed E-state index contributed by atoms with van der Waals surface area (Å²) in [7, 11) is 0. The van der Waals surface area contributed by atoms with E-state index in [4.69, 9.17) is 5.11 Å². The number of nitrogens with zero attached hydrogens (tertiary/aromatic N) is 1. The van der Waals surface area contributed by atoms with Crippen molar-refractivity contribution in [3.8, 4) is 0 Å². The van der Waals surface area contributed by atoms with Crippen LogP contribution in [0.3, 0.4) is 0 Å². The maximum atomic E-state index is 11.8. The molecule has 1 fully saturated rings. The van der Waals surface area contributed by atoms with Crippen molar-refractivity contribution < 1.29 is 14.7 Å². The average Bonchev–Trinajstić information content (AvgIpc) is 2.48. The van der Waals surface area contributed by atoms with Crippen LogP contribution in [0.2, 0.25) is 0 Å². The number of anilines is 2. The summed E-state index contributed by atoms with van der Waals surface area (Å²) in [6.45, 7) is 2.12. The van der Waals surface area contributed by atoms with Crippen molar-refractivity contribution in [3.63, 3.8) is 0 Å². The Hall–Kier alpha value is -2.24. The number of hydrogen-bond donors (Lipinski definition) is 3. The molecule has 114 valence electrons. The Bertz CT molecular complexity index is 499. The van der Waals surface area contributed by atoms with Crippen LogP contribution in [0, 0.1) is 0 Å². The lowest BCUT2D eigenvalue weighted by Crippen LogP contribution is -2.33. The predicted octanol–water partition coefficient (Wildman–Crippen LogP) is 2.27. The molecule has 1 aromatic rings. The van der Waals surface area contributed by atoms with Crippen LogP contribution in [0.1, 0.15) is 25.7 Å². The van der Waals surface area contributed by atoms with Crippen LogP contribution in [0.25, 0.3) is 0 Å². The first-order valence-electron chi connectivity index (χ1n) is 7.27. The van der Waals surface area contributed by atoms with Gasteiger partial charge in [0.15, 0.2) is 0 Å². The molecule has 1 heterocycles. The van der Waals surface area contributed by atoms with E-state index in [0.29, 0.717) is 0 Å². The second-order valence-electron chi connectivity index (χ2n) is 5.09. The van der Waals surface area contributed by atoms with E-state index in [9.17, 15) is 9.59 Å². The summed E-state index contributed by atoms with van der Waals surface area (Å²) in [4.78, 5) is 24.5. The highest BCUT2D eigenvalue weighted by atomic mass is 16.4. The van der Waals surface area contributed by atoms with Crippen LogP contribution in [0.5, 0.6) is 0 Å². The molecule has 0 radical (unpaired) electrons. The molecule has 0 unspecified atom stereocenters. The predicted molar refractivity (Wildman–Crippen MR) is 81.8 cm³/mol. The lowest BCUT2D eigenvalue weighted by Gasteiger charge is -2.30. The number of urea groups is 1. The molecule has 1 saturated heterocycles. The van der Waals surface area contributed by atoms with Crippen LogP contribution < -0.4 is 15.5 Å². The molecule has 1 aliphatic heterocycles. The topological polar surface area (TPSA) is 81.7 Å². The Morgan fingerprint density at radius 3 is 2.57 bits per heavy atom. The van der Waals surface area contributed by atoms with Crippen LogP contribution in [-0.4, -0.2) is 36.7 Å². The lowest BCUT2D eigenvalue weighted by atomic mass is 10.1. The second kappa shape index (κ2) is 7.52. The minimum atomic E-state index is -0.927. The number of carboxylic acids is 1. The van der Waals surface area contributed by atoms with Gasteiger partial charge in [0.05, 0.1) is 17.8 Å². The van der Waals surface area contributed by atoms with Crippen molar-refractivity contribution >= 4 is 23.4 Å². The maximum Gasteiger partial charge on any atom is 0.319 e. The van der Waals surface area contributed by atoms with E-state index in [2.05, 4.69) is 15.5 Å². The molecular formula is C15H21N3O3. The summed E-state index contributed by atoms with van der Waals surface area (Å²) in [5.41, 5.74) is 1.78. The standard InChI is InChI=1S/C15H21N3O3/c19-14(20)8-9-16-15(21)17-12-6-2-3-7-13(12)18-10-4-1-5-11-18/h2-3,6-7H,1,4-5,8-11H2,(H,19,20)(H2,16,17,21). The molecule has 0 spiro atoms. The first-order valence-corrected chi connectivity index (χ1v) is 7.27. The van der Waals surface area contributed by atoms with E-state index in [0.717, 1.165) is 24.5 Å². The van der Waals surface area contributed by atoms with Gasteiger partial charge in [0.1, 0.15) is 0 Å². The Balaban J connectivity index is 1.96. The van der Waals surface area contributed by atoms with Gasteiger partial charge in [0, 0.05) is 19.6 Å². The van der Waals surface area contributed by atoms with Gasteiger partial charge in [-0.1, -0.05) is 12.1 Å². The summed E-state index contributed by atoms with van der Waals surface area (Å²) in [5, 5.41) is 13.9. The van der Waals surface area contributed by atoms with Crippen molar-refractivity contribution in [3.05, 3.63) is 24.3 Å². The van der Waals surface area contributed by atoms with Gasteiger partial charge >= 0.3 is 12.0 Å². The van der Waals surface area contributed by atoms with Crippen molar-refractivity contribution in [1.82, 2.24) is 5.32 Å². The molecule has 0 aliphatic carbocycles. The normalized spacial score (nSPS) is 14.6. The number of carbonyl (C=O) groups excluding carboxylic acids is 1. The number of rotatable bonds is 5. The van der Waals surface area contributed by atoms with Gasteiger partial charge in [-0.3, -0.25) is 4.79 Å². The fourth-order valence-corrected chi connectivity index (χ4v) is 2.44. The van der Waals surface area contributed by atoms with Crippen LogP contribution in [0.15, 0.2) is 24.3 Å². The van der Waals surface area contributed by atoms with Crippen molar-refractivity contribution in [2.24, 2.45) is 0 Å². The third kappa shape index (κ3) is 4.66. The smallest absolute Gasteiger partial charge is 0.319 e. The highest BCUT2D eigenvalue weighted by Gasteiger charge is 2.15. The van der Waals surface area contributed by atoms with Gasteiger partial charge in [-0.2, -0.15) is 0 Å². The van der Waals surface area contributed by atoms with E-state index < -0.39 is 5.97 Å². The molecule has 6 heteroatoms. The molecule has 0 saturated carbocycles. The number of carboxylic acid groups (broad SMARTS) is 1. The summed E-state index contributed by atoms with van der Waals surface area (Å²) in [6, 6.07) is 7.32. The Labute approximate surface area is 124 Å². The molecule has 6 nitrogen and oxygen atoms in total. The fourth-order valence-electron chi connectivity index (χ4n) is 2.44. The van der Waals surface area contributed by atoms with Gasteiger partial charge in [-0.05, 0) is 31.4 Å². The van der Waals surface area contributed by atoms with Gasteiger partial charge < -0.3 is 20.6 Å². The Morgan fingerprint density at radius 2 is 1.86 bits per heavy atom. The Morgan fingerprint density at radius 1 is 1.14 bits per heavy atom. The Kier molecular flexibility index (Phi) is 5.43. The number of nitrogens with one attached hydrogen (secondary N) is 2. The molecule has 2 amide bonds. The third-order valence-corrected chi connectivity index (χ3v) is 3.47. The molecule has 2 rings (SSSR count). The number of benzene rings is 1. The summed E-state index contributed by atoms with van der Waals surface area (Å²) >= 11 is 0. The van der Waals surface area contributed by atoms with Crippen LogP contribution in [0.4, 0.5) is 16.2 Å². The van der Waals surface area contributed by atoms with E-state index in [1.165, 1.54) is 19.3 Å². The first kappa shape index (κ1) is 15.2. The zero-order chi connectivity index (χ0) is 15.1. The quantitative estimate of drug-likeness (QED) is 0.777. The molecule has 0 bridgehead atoms. The minimum absolute atomic E-state index is 0.0822. The second-order valence-corrected chi connectivity index (χ2v) is 5.09. The molecule has 1 aliphatic rings. The highest BCUT2D eigenvalue weighted by molar-refractivity contribution is 5.93. The summed E-state index contributed by atoms with van der Waals surface area (Å²) in [5.74, 6) is -0.927. The first-order chi connectivity index (χ1) is 10.2. The van der Waals surface area contributed by atoms with Crippen molar-refractivity contribution in [2.75, 3.05) is 29.9 Å². The zero-order valence-corrected chi connectivity index (χ0v) is 12.0. The molecule has 21 heavy (non-hydrogen) atoms. The van der Waals surface area contributed by atoms with Gasteiger partial charge in [0.2, 0.25) is 0 Å². The number of carbonyl (C=O) groups is 2. The number of piperidine rings is 1. The molecule has 0 atom stereocenters. The van der Waals surface area contributed by atoms with Crippen molar-refractivity contribution in [1.29, 1.82) is 0 Å². The molecule has 3 N–H and O–H groups in total. The van der Waals surface area contributed by atoms with Crippen LogP contribution >= 0.6 is 0 Å². The van der Waals surface area contributed by atoms with Gasteiger partial charge in [-0.15, -0.1) is 0 Å². The molecule has 0 aromatic heterocycles. The minimum Gasteiger partial charge on any atom is -0.481 e. The fraction of sp³-hybridized carbons (Fsp3) is 0.467. The largest absolute Gasteiger partial charge is 0.481 e. The number of aliphatic carboxylic acids is 1.